The highest BCUT2D eigenvalue weighted by Gasteiger charge is 2.37. The van der Waals surface area contributed by atoms with E-state index in [2.05, 4.69) is 21.2 Å². The van der Waals surface area contributed by atoms with Gasteiger partial charge in [-0.3, -0.25) is 14.9 Å². The maximum atomic E-state index is 13.3. The topological polar surface area (TPSA) is 84.9 Å². The first kappa shape index (κ1) is 23.3. The number of barbiturate groups is 1. The summed E-state index contributed by atoms with van der Waals surface area (Å²) in [6.45, 7) is 0. The molecule has 0 aromatic heterocycles. The summed E-state index contributed by atoms with van der Waals surface area (Å²) in [4.78, 5) is 39.3. The van der Waals surface area contributed by atoms with Gasteiger partial charge in [0, 0.05) is 4.47 Å². The number of rotatable bonds is 6. The average molecular weight is 521 g/mol. The Kier molecular flexibility index (Phi) is 6.79. The number of methoxy groups -OCH3 is 2. The zero-order valence-electron chi connectivity index (χ0n) is 18.5. The van der Waals surface area contributed by atoms with Crippen LogP contribution in [-0.4, -0.2) is 32.1 Å². The molecule has 7 nitrogen and oxygen atoms in total. The first-order chi connectivity index (χ1) is 16.4. The van der Waals surface area contributed by atoms with E-state index in [4.69, 9.17) is 9.47 Å². The predicted octanol–water partition coefficient (Wildman–Crippen LogP) is 4.72. The molecular formula is C26H21BrN2O5. The van der Waals surface area contributed by atoms with Crippen LogP contribution >= 0.6 is 15.9 Å². The van der Waals surface area contributed by atoms with Crippen LogP contribution in [0.4, 0.5) is 10.5 Å². The van der Waals surface area contributed by atoms with E-state index in [1.54, 1.807) is 43.5 Å². The Bertz CT molecular complexity index is 1300. The van der Waals surface area contributed by atoms with Crippen molar-refractivity contribution in [3.05, 3.63) is 93.5 Å². The number of halogens is 1. The number of imide groups is 2. The van der Waals surface area contributed by atoms with Crippen LogP contribution in [0.3, 0.4) is 0 Å². The van der Waals surface area contributed by atoms with Crippen molar-refractivity contribution < 1.29 is 23.9 Å². The smallest absolute Gasteiger partial charge is 0.335 e. The van der Waals surface area contributed by atoms with Crippen molar-refractivity contribution >= 4 is 45.5 Å². The summed E-state index contributed by atoms with van der Waals surface area (Å²) in [5.74, 6) is -0.224. The predicted molar refractivity (Wildman–Crippen MR) is 132 cm³/mol. The molecule has 172 valence electrons. The van der Waals surface area contributed by atoms with Crippen molar-refractivity contribution in [1.82, 2.24) is 5.32 Å². The van der Waals surface area contributed by atoms with Gasteiger partial charge in [0.2, 0.25) is 0 Å². The monoisotopic (exact) mass is 520 g/mol. The van der Waals surface area contributed by atoms with Crippen LogP contribution in [0.2, 0.25) is 0 Å². The summed E-state index contributed by atoms with van der Waals surface area (Å²) in [7, 11) is 3.10. The van der Waals surface area contributed by atoms with Gasteiger partial charge < -0.3 is 9.47 Å². The lowest BCUT2D eigenvalue weighted by atomic mass is 9.97. The van der Waals surface area contributed by atoms with Crippen molar-refractivity contribution in [2.45, 2.75) is 6.42 Å². The van der Waals surface area contributed by atoms with Gasteiger partial charge >= 0.3 is 6.03 Å². The average Bonchev–Trinajstić information content (AvgIpc) is 2.84. The molecule has 8 heteroatoms. The fourth-order valence-corrected chi connectivity index (χ4v) is 4.05. The molecule has 1 saturated heterocycles. The second-order valence-corrected chi connectivity index (χ2v) is 8.34. The van der Waals surface area contributed by atoms with Gasteiger partial charge in [0.05, 0.1) is 19.9 Å². The molecule has 1 aliphatic rings. The van der Waals surface area contributed by atoms with Crippen LogP contribution in [-0.2, 0) is 16.0 Å². The number of benzene rings is 3. The number of anilines is 1. The minimum atomic E-state index is -0.805. The summed E-state index contributed by atoms with van der Waals surface area (Å²) in [6, 6.07) is 18.8. The molecule has 4 amide bonds. The highest BCUT2D eigenvalue weighted by Crippen LogP contribution is 2.28. The highest BCUT2D eigenvalue weighted by atomic mass is 79.9. The lowest BCUT2D eigenvalue weighted by Crippen LogP contribution is -2.54. The van der Waals surface area contributed by atoms with E-state index in [0.717, 1.165) is 20.5 Å². The third-order valence-corrected chi connectivity index (χ3v) is 6.19. The quantitative estimate of drug-likeness (QED) is 0.375. The molecule has 0 saturated carbocycles. The lowest BCUT2D eigenvalue weighted by Gasteiger charge is -2.26. The molecule has 0 unspecified atom stereocenters. The van der Waals surface area contributed by atoms with E-state index in [1.807, 2.05) is 30.3 Å². The van der Waals surface area contributed by atoms with Gasteiger partial charge in [-0.2, -0.15) is 0 Å². The number of hydrogen-bond acceptors (Lipinski definition) is 5. The molecule has 3 aromatic rings. The van der Waals surface area contributed by atoms with Crippen molar-refractivity contribution in [3.8, 4) is 11.5 Å². The number of hydrogen-bond donors (Lipinski definition) is 1. The molecule has 4 rings (SSSR count). The molecule has 0 spiro atoms. The van der Waals surface area contributed by atoms with E-state index >= 15 is 0 Å². The van der Waals surface area contributed by atoms with Crippen LogP contribution < -0.4 is 19.7 Å². The Morgan fingerprint density at radius 2 is 1.56 bits per heavy atom. The summed E-state index contributed by atoms with van der Waals surface area (Å²) in [6.07, 6.45) is 2.04. The Balaban J connectivity index is 1.74. The van der Waals surface area contributed by atoms with Gasteiger partial charge in [-0.15, -0.1) is 0 Å². The Morgan fingerprint density at radius 1 is 0.882 bits per heavy atom. The number of carbonyl (C=O) groups excluding carboxylic acids is 3. The van der Waals surface area contributed by atoms with Crippen molar-refractivity contribution in [1.29, 1.82) is 0 Å². The van der Waals surface area contributed by atoms with E-state index in [0.29, 0.717) is 29.2 Å². The fourth-order valence-electron chi connectivity index (χ4n) is 3.63. The van der Waals surface area contributed by atoms with Crippen LogP contribution in [0, 0.1) is 0 Å². The molecule has 1 heterocycles. The second-order valence-electron chi connectivity index (χ2n) is 7.49. The summed E-state index contributed by atoms with van der Waals surface area (Å²) in [5.41, 5.74) is 2.73. The minimum absolute atomic E-state index is 0.144. The number of ether oxygens (including phenoxy) is 2. The largest absolute Gasteiger partial charge is 0.497 e. The number of urea groups is 1. The Morgan fingerprint density at radius 3 is 2.24 bits per heavy atom. The van der Waals surface area contributed by atoms with Crippen molar-refractivity contribution in [3.63, 3.8) is 0 Å². The number of nitrogens with zero attached hydrogens (tertiary/aromatic N) is 1. The fraction of sp³-hybridized carbons (Fsp3) is 0.115. The van der Waals surface area contributed by atoms with Gasteiger partial charge in [-0.25, -0.2) is 9.69 Å². The van der Waals surface area contributed by atoms with Crippen molar-refractivity contribution in [2.75, 3.05) is 19.1 Å². The van der Waals surface area contributed by atoms with E-state index < -0.39 is 17.8 Å². The zero-order valence-corrected chi connectivity index (χ0v) is 20.1. The van der Waals surface area contributed by atoms with E-state index in [-0.39, 0.29) is 5.57 Å². The van der Waals surface area contributed by atoms with Crippen LogP contribution in [0.25, 0.3) is 6.08 Å². The second kappa shape index (κ2) is 9.93. The molecular weight excluding hydrogens is 500 g/mol. The number of carbonyl (C=O) groups is 3. The van der Waals surface area contributed by atoms with Crippen molar-refractivity contribution in [2.24, 2.45) is 0 Å². The molecule has 1 aliphatic heterocycles. The molecule has 0 aliphatic carbocycles. The maximum Gasteiger partial charge on any atom is 0.335 e. The van der Waals surface area contributed by atoms with Gasteiger partial charge in [0.15, 0.2) is 0 Å². The Labute approximate surface area is 205 Å². The third kappa shape index (κ3) is 4.72. The standard InChI is InChI=1S/C26H21BrN2O5/c1-33-20-11-8-19(9-12-20)29-25(31)22(24(30)28-26(29)32)15-16-7-10-21(34-2)14-18(16)13-17-5-3-4-6-23(17)27/h3-12,14-15H,13H2,1-2H3,(H,28,30,32)/b22-15+. The van der Waals surface area contributed by atoms with Crippen LogP contribution in [0.5, 0.6) is 11.5 Å². The summed E-state index contributed by atoms with van der Waals surface area (Å²) >= 11 is 3.56. The maximum absolute atomic E-state index is 13.3. The summed E-state index contributed by atoms with van der Waals surface area (Å²) in [5, 5.41) is 2.25. The molecule has 34 heavy (non-hydrogen) atoms. The first-order valence-corrected chi connectivity index (χ1v) is 11.2. The molecule has 0 radical (unpaired) electrons. The molecule has 1 fully saturated rings. The normalized spacial score (nSPS) is 14.9. The highest BCUT2D eigenvalue weighted by molar-refractivity contribution is 9.10. The SMILES string of the molecule is COc1ccc(N2C(=O)NC(=O)/C(=C\c3ccc(OC)cc3Cc3ccccc3Br)C2=O)cc1. The van der Waals surface area contributed by atoms with E-state index in [1.165, 1.54) is 13.2 Å². The Hall–Kier alpha value is -3.91. The van der Waals surface area contributed by atoms with Gasteiger partial charge in [-0.1, -0.05) is 40.2 Å². The van der Waals surface area contributed by atoms with Crippen LogP contribution in [0.1, 0.15) is 16.7 Å². The summed E-state index contributed by atoms with van der Waals surface area (Å²) < 4.78 is 11.5. The van der Waals surface area contributed by atoms with Gasteiger partial charge in [0.25, 0.3) is 11.8 Å². The molecule has 3 aromatic carbocycles. The first-order valence-electron chi connectivity index (χ1n) is 10.4. The zero-order chi connectivity index (χ0) is 24.2. The van der Waals surface area contributed by atoms with Gasteiger partial charge in [-0.05, 0) is 71.7 Å². The minimum Gasteiger partial charge on any atom is -0.497 e. The molecule has 1 N–H and O–H groups in total. The molecule has 0 atom stereocenters. The number of nitrogens with one attached hydrogen (secondary N) is 1. The van der Waals surface area contributed by atoms with Crippen LogP contribution in [0.15, 0.2) is 76.8 Å². The van der Waals surface area contributed by atoms with E-state index in [9.17, 15) is 14.4 Å². The van der Waals surface area contributed by atoms with Gasteiger partial charge in [0.1, 0.15) is 17.1 Å². The third-order valence-electron chi connectivity index (χ3n) is 5.42. The number of amides is 4. The lowest BCUT2D eigenvalue weighted by molar-refractivity contribution is -0.122. The molecule has 0 bridgehead atoms.